The van der Waals surface area contributed by atoms with Crippen LogP contribution in [-0.4, -0.2) is 21.7 Å². The Morgan fingerprint density at radius 1 is 1.36 bits per heavy atom. The summed E-state index contributed by atoms with van der Waals surface area (Å²) in [5.74, 6) is 1.21. The van der Waals surface area contributed by atoms with Crippen molar-refractivity contribution in [1.82, 2.24) is 9.97 Å². The zero-order chi connectivity index (χ0) is 9.97. The fraction of sp³-hybridized carbons (Fsp3) is 0.556. The Kier molecular flexibility index (Phi) is 2.60. The van der Waals surface area contributed by atoms with Gasteiger partial charge in [0, 0.05) is 18.6 Å². The van der Waals surface area contributed by atoms with E-state index in [9.17, 15) is 0 Å². The van der Waals surface area contributed by atoms with Crippen molar-refractivity contribution in [1.29, 1.82) is 0 Å². The molecule has 1 aromatic heterocycles. The number of aryl methyl sites for hydroxylation is 1. The summed E-state index contributed by atoms with van der Waals surface area (Å²) in [6.45, 7) is 1.19. The second-order valence-corrected chi connectivity index (χ2v) is 3.27. The summed E-state index contributed by atoms with van der Waals surface area (Å²) in [6, 6.07) is 0. The molecule has 0 radical (unpaired) electrons. The third-order valence-corrected chi connectivity index (χ3v) is 2.21. The molecule has 0 spiro atoms. The highest BCUT2D eigenvalue weighted by atomic mass is 16.5. The standard InChI is InChI=1S/C9H13N3O2/c10-9-6-4-14-5-7(6)11-8(12-9)2-1-3-13/h13H,1-5H2,(H2,10,11,12). The Bertz CT molecular complexity index is 341. The first-order valence-electron chi connectivity index (χ1n) is 4.64. The van der Waals surface area contributed by atoms with Crippen LogP contribution >= 0.6 is 0 Å². The number of rotatable bonds is 3. The van der Waals surface area contributed by atoms with Gasteiger partial charge in [0.2, 0.25) is 0 Å². The summed E-state index contributed by atoms with van der Waals surface area (Å²) in [5.41, 5.74) is 7.56. The SMILES string of the molecule is Nc1nc(CCCO)nc2c1COC2. The number of hydrogen-bond donors (Lipinski definition) is 2. The number of nitrogens with zero attached hydrogens (tertiary/aromatic N) is 2. The summed E-state index contributed by atoms with van der Waals surface area (Å²) >= 11 is 0. The largest absolute Gasteiger partial charge is 0.396 e. The molecule has 2 heterocycles. The van der Waals surface area contributed by atoms with Crippen molar-refractivity contribution < 1.29 is 9.84 Å². The lowest BCUT2D eigenvalue weighted by Gasteiger charge is -2.04. The van der Waals surface area contributed by atoms with E-state index in [1.54, 1.807) is 0 Å². The highest BCUT2D eigenvalue weighted by Gasteiger charge is 2.17. The topological polar surface area (TPSA) is 81.3 Å². The number of anilines is 1. The van der Waals surface area contributed by atoms with Crippen LogP contribution in [0.5, 0.6) is 0 Å². The van der Waals surface area contributed by atoms with Gasteiger partial charge in [-0.1, -0.05) is 0 Å². The van der Waals surface area contributed by atoms with Crippen molar-refractivity contribution in [3.05, 3.63) is 17.1 Å². The monoisotopic (exact) mass is 195 g/mol. The average molecular weight is 195 g/mol. The third kappa shape index (κ3) is 1.69. The Hall–Kier alpha value is -1.20. The van der Waals surface area contributed by atoms with Gasteiger partial charge < -0.3 is 15.6 Å². The Morgan fingerprint density at radius 3 is 3.00 bits per heavy atom. The predicted octanol–water partition coefficient (Wildman–Crippen LogP) is 0.0139. The van der Waals surface area contributed by atoms with Gasteiger partial charge in [0.25, 0.3) is 0 Å². The molecule has 2 rings (SSSR count). The second kappa shape index (κ2) is 3.89. The molecule has 3 N–H and O–H groups in total. The normalized spacial score (nSPS) is 14.4. The number of aliphatic hydroxyl groups excluding tert-OH is 1. The first kappa shape index (κ1) is 9.36. The molecule has 5 nitrogen and oxygen atoms in total. The van der Waals surface area contributed by atoms with Crippen LogP contribution in [0.4, 0.5) is 5.82 Å². The van der Waals surface area contributed by atoms with Gasteiger partial charge >= 0.3 is 0 Å². The van der Waals surface area contributed by atoms with E-state index in [0.717, 1.165) is 11.3 Å². The van der Waals surface area contributed by atoms with Crippen LogP contribution in [0.1, 0.15) is 23.5 Å². The van der Waals surface area contributed by atoms with Gasteiger partial charge in [-0.25, -0.2) is 9.97 Å². The number of aromatic nitrogens is 2. The van der Waals surface area contributed by atoms with Crippen LogP contribution in [-0.2, 0) is 24.4 Å². The minimum atomic E-state index is 0.150. The number of ether oxygens (including phenoxy) is 1. The van der Waals surface area contributed by atoms with Crippen LogP contribution in [0.2, 0.25) is 0 Å². The molecule has 0 aliphatic carbocycles. The molecule has 14 heavy (non-hydrogen) atoms. The van der Waals surface area contributed by atoms with Crippen LogP contribution < -0.4 is 5.73 Å². The lowest BCUT2D eigenvalue weighted by atomic mass is 10.2. The molecule has 1 aliphatic heterocycles. The van der Waals surface area contributed by atoms with E-state index in [0.29, 0.717) is 37.7 Å². The maximum absolute atomic E-state index is 8.68. The highest BCUT2D eigenvalue weighted by molar-refractivity contribution is 5.43. The van der Waals surface area contributed by atoms with Crippen molar-refractivity contribution >= 4 is 5.82 Å². The summed E-state index contributed by atoms with van der Waals surface area (Å²) in [6.07, 6.45) is 1.33. The molecule has 1 aliphatic rings. The van der Waals surface area contributed by atoms with Crippen molar-refractivity contribution in [3.63, 3.8) is 0 Å². The van der Waals surface area contributed by atoms with Crippen molar-refractivity contribution in [2.24, 2.45) is 0 Å². The minimum Gasteiger partial charge on any atom is -0.396 e. The smallest absolute Gasteiger partial charge is 0.133 e. The number of fused-ring (bicyclic) bond motifs is 1. The van der Waals surface area contributed by atoms with E-state index in [1.807, 2.05) is 0 Å². The second-order valence-electron chi connectivity index (χ2n) is 3.27. The average Bonchev–Trinajstić information content (AvgIpc) is 2.63. The van der Waals surface area contributed by atoms with E-state index in [2.05, 4.69) is 9.97 Å². The van der Waals surface area contributed by atoms with Crippen LogP contribution in [0.3, 0.4) is 0 Å². The molecule has 1 aromatic rings. The number of nitrogens with two attached hydrogens (primary N) is 1. The zero-order valence-electron chi connectivity index (χ0n) is 7.86. The molecule has 0 bridgehead atoms. The molecule has 0 unspecified atom stereocenters. The van der Waals surface area contributed by atoms with E-state index in [1.165, 1.54) is 0 Å². The maximum atomic E-state index is 8.68. The molecule has 76 valence electrons. The summed E-state index contributed by atoms with van der Waals surface area (Å²) < 4.78 is 5.22. The molecular formula is C9H13N3O2. The molecule has 0 aromatic carbocycles. The summed E-state index contributed by atoms with van der Waals surface area (Å²) in [5, 5.41) is 8.68. The quantitative estimate of drug-likeness (QED) is 0.710. The van der Waals surface area contributed by atoms with Gasteiger partial charge in [-0.3, -0.25) is 0 Å². The van der Waals surface area contributed by atoms with E-state index >= 15 is 0 Å². The van der Waals surface area contributed by atoms with Crippen LogP contribution in [0.25, 0.3) is 0 Å². The number of hydrogen-bond acceptors (Lipinski definition) is 5. The van der Waals surface area contributed by atoms with Gasteiger partial charge in [0.05, 0.1) is 18.9 Å². The molecule has 0 amide bonds. The summed E-state index contributed by atoms with van der Waals surface area (Å²) in [4.78, 5) is 8.48. The van der Waals surface area contributed by atoms with Gasteiger partial charge in [-0.05, 0) is 6.42 Å². The van der Waals surface area contributed by atoms with Gasteiger partial charge in [-0.2, -0.15) is 0 Å². The Balaban J connectivity index is 2.23. The lowest BCUT2D eigenvalue weighted by Crippen LogP contribution is -2.06. The molecule has 0 saturated heterocycles. The number of nitrogen functional groups attached to an aromatic ring is 1. The molecule has 0 atom stereocenters. The minimum absolute atomic E-state index is 0.150. The predicted molar refractivity (Wildman–Crippen MR) is 50.3 cm³/mol. The molecule has 0 fully saturated rings. The van der Waals surface area contributed by atoms with Gasteiger partial charge in [0.15, 0.2) is 0 Å². The first-order valence-corrected chi connectivity index (χ1v) is 4.64. The fourth-order valence-corrected chi connectivity index (χ4v) is 1.48. The van der Waals surface area contributed by atoms with Gasteiger partial charge in [-0.15, -0.1) is 0 Å². The van der Waals surface area contributed by atoms with Crippen molar-refractivity contribution in [2.45, 2.75) is 26.1 Å². The van der Waals surface area contributed by atoms with E-state index in [-0.39, 0.29) is 6.61 Å². The van der Waals surface area contributed by atoms with Crippen molar-refractivity contribution in [3.8, 4) is 0 Å². The fourth-order valence-electron chi connectivity index (χ4n) is 1.48. The number of aliphatic hydroxyl groups is 1. The van der Waals surface area contributed by atoms with E-state index in [4.69, 9.17) is 15.6 Å². The maximum Gasteiger partial charge on any atom is 0.133 e. The third-order valence-electron chi connectivity index (χ3n) is 2.21. The Morgan fingerprint density at radius 2 is 2.21 bits per heavy atom. The lowest BCUT2D eigenvalue weighted by molar-refractivity contribution is 0.133. The highest BCUT2D eigenvalue weighted by Crippen LogP contribution is 2.22. The summed E-state index contributed by atoms with van der Waals surface area (Å²) in [7, 11) is 0. The first-order chi connectivity index (χ1) is 6.81. The van der Waals surface area contributed by atoms with Crippen molar-refractivity contribution in [2.75, 3.05) is 12.3 Å². The zero-order valence-corrected chi connectivity index (χ0v) is 7.86. The molecule has 0 saturated carbocycles. The molecular weight excluding hydrogens is 182 g/mol. The van der Waals surface area contributed by atoms with Gasteiger partial charge in [0.1, 0.15) is 11.6 Å². The van der Waals surface area contributed by atoms with Crippen LogP contribution in [0.15, 0.2) is 0 Å². The Labute approximate surface area is 81.9 Å². The molecule has 5 heteroatoms. The van der Waals surface area contributed by atoms with Crippen LogP contribution in [0, 0.1) is 0 Å². The van der Waals surface area contributed by atoms with E-state index < -0.39 is 0 Å².